The fourth-order valence-electron chi connectivity index (χ4n) is 6.09. The van der Waals surface area contributed by atoms with Gasteiger partial charge in [-0.2, -0.15) is 0 Å². The maximum absolute atomic E-state index is 12.9. The van der Waals surface area contributed by atoms with Crippen LogP contribution in [0.25, 0.3) is 0 Å². The Bertz CT molecular complexity index is 1280. The zero-order chi connectivity index (χ0) is 34.6. The number of ether oxygens (including phenoxy) is 3. The Balaban J connectivity index is 1.94. The molecule has 1 aromatic carbocycles. The molecule has 256 valence electrons. The number of carboxylic acid groups (broad SMARTS) is 3. The molecule has 0 spiro atoms. The molecule has 0 saturated carbocycles. The maximum atomic E-state index is 12.9. The molecule has 2 fully saturated rings. The van der Waals surface area contributed by atoms with Gasteiger partial charge in [-0.05, 0) is 48.7 Å². The summed E-state index contributed by atoms with van der Waals surface area (Å²) in [5, 5.41) is 74.3. The smallest absolute Gasteiger partial charge is 0.344 e. The van der Waals surface area contributed by atoms with E-state index in [0.717, 1.165) is 12.0 Å². The van der Waals surface area contributed by atoms with Gasteiger partial charge in [-0.3, -0.25) is 4.79 Å². The van der Waals surface area contributed by atoms with E-state index in [9.17, 15) is 54.9 Å². The van der Waals surface area contributed by atoms with Gasteiger partial charge in [0.15, 0.2) is 6.10 Å². The predicted molar refractivity (Wildman–Crippen MR) is 158 cm³/mol. The highest BCUT2D eigenvalue weighted by Crippen LogP contribution is 2.56. The van der Waals surface area contributed by atoms with Crippen LogP contribution in [0.2, 0.25) is 0 Å². The second-order valence-corrected chi connectivity index (χ2v) is 12.4. The number of hydrogen-bond donors (Lipinski definition) is 7. The lowest BCUT2D eigenvalue weighted by Gasteiger charge is -2.48. The molecule has 3 rings (SSSR count). The first-order valence-corrected chi connectivity index (χ1v) is 15.2. The normalized spacial score (nSPS) is 31.3. The zero-order valence-corrected chi connectivity index (χ0v) is 26.1. The van der Waals surface area contributed by atoms with Gasteiger partial charge in [0.2, 0.25) is 23.1 Å². The van der Waals surface area contributed by atoms with Crippen molar-refractivity contribution >= 4 is 23.9 Å². The first kappa shape index (κ1) is 37.1. The number of fused-ring (bicyclic) bond motifs is 2. The molecule has 14 nitrogen and oxygen atoms in total. The van der Waals surface area contributed by atoms with E-state index < -0.39 is 84.2 Å². The van der Waals surface area contributed by atoms with E-state index in [0.29, 0.717) is 12.8 Å². The summed E-state index contributed by atoms with van der Waals surface area (Å²) in [6.07, 6.45) is -9.53. The number of carbonyl (C=O) groups is 4. The fourth-order valence-corrected chi connectivity index (χ4v) is 6.09. The van der Waals surface area contributed by atoms with E-state index in [1.165, 1.54) is 0 Å². The second kappa shape index (κ2) is 14.6. The molecule has 1 aromatic rings. The molecule has 0 amide bonds. The van der Waals surface area contributed by atoms with Crippen LogP contribution in [0.3, 0.4) is 0 Å². The Morgan fingerprint density at radius 2 is 1.65 bits per heavy atom. The number of aliphatic carboxylic acids is 3. The molecule has 2 heterocycles. The molecule has 2 bridgehead atoms. The molecular formula is C32H44O14. The Morgan fingerprint density at radius 3 is 2.20 bits per heavy atom. The van der Waals surface area contributed by atoms with Crippen LogP contribution in [-0.4, -0.2) is 107 Å². The van der Waals surface area contributed by atoms with E-state index in [2.05, 4.69) is 6.58 Å². The van der Waals surface area contributed by atoms with E-state index in [1.807, 2.05) is 44.2 Å². The van der Waals surface area contributed by atoms with Crippen molar-refractivity contribution in [2.75, 3.05) is 0 Å². The molecule has 2 unspecified atom stereocenters. The summed E-state index contributed by atoms with van der Waals surface area (Å²) in [5.41, 5.74) is -6.37. The van der Waals surface area contributed by atoms with Gasteiger partial charge < -0.3 is 50.0 Å². The van der Waals surface area contributed by atoms with Gasteiger partial charge >= 0.3 is 23.9 Å². The summed E-state index contributed by atoms with van der Waals surface area (Å²) in [6.45, 7) is 9.52. The zero-order valence-electron chi connectivity index (χ0n) is 26.1. The molecule has 46 heavy (non-hydrogen) atoms. The van der Waals surface area contributed by atoms with Crippen LogP contribution in [0.5, 0.6) is 0 Å². The van der Waals surface area contributed by atoms with Crippen molar-refractivity contribution in [2.45, 2.75) is 113 Å². The Hall–Kier alpha value is -3.40. The largest absolute Gasteiger partial charge is 0.479 e. The Morgan fingerprint density at radius 1 is 1.02 bits per heavy atom. The number of aliphatic hydroxyl groups excluding tert-OH is 3. The van der Waals surface area contributed by atoms with Gasteiger partial charge in [0.1, 0.15) is 6.10 Å². The molecule has 2 aliphatic rings. The van der Waals surface area contributed by atoms with Gasteiger partial charge in [-0.1, -0.05) is 64.1 Å². The SMILES string of the molecule is C=C(CC[C@]12O[C@H](C(=O)O)[C@@](O)(C(=O)O)[C@](C(=O)O)(O1)[C@H](OC(=O)CC(O)CCC(C)CC)[C@H]2O)[C@@H](O)[C@H](C)Cc1ccccc1. The predicted octanol–water partition coefficient (Wildman–Crippen LogP) is 1.26. The van der Waals surface area contributed by atoms with Crippen LogP contribution >= 0.6 is 0 Å². The third-order valence-corrected chi connectivity index (χ3v) is 9.11. The van der Waals surface area contributed by atoms with Gasteiger partial charge in [-0.25, -0.2) is 14.4 Å². The minimum Gasteiger partial charge on any atom is -0.479 e. The molecule has 0 aromatic heterocycles. The van der Waals surface area contributed by atoms with Crippen LogP contribution in [0.4, 0.5) is 0 Å². The average molecular weight is 653 g/mol. The number of benzene rings is 1. The molecule has 2 saturated heterocycles. The number of carboxylic acids is 3. The lowest BCUT2D eigenvalue weighted by molar-refractivity contribution is -0.374. The summed E-state index contributed by atoms with van der Waals surface area (Å²) < 4.78 is 16.2. The number of aliphatic hydroxyl groups is 4. The quantitative estimate of drug-likeness (QED) is 0.0927. The van der Waals surface area contributed by atoms with Crippen molar-refractivity contribution < 1.29 is 69.1 Å². The van der Waals surface area contributed by atoms with Gasteiger partial charge in [0.25, 0.3) is 0 Å². The fraction of sp³-hybridized carbons (Fsp3) is 0.625. The van der Waals surface area contributed by atoms with Crippen LogP contribution in [0.1, 0.15) is 64.9 Å². The van der Waals surface area contributed by atoms with E-state index in [4.69, 9.17) is 14.2 Å². The summed E-state index contributed by atoms with van der Waals surface area (Å²) in [6, 6.07) is 9.26. The monoisotopic (exact) mass is 652 g/mol. The lowest BCUT2D eigenvalue weighted by atomic mass is 9.74. The summed E-state index contributed by atoms with van der Waals surface area (Å²) in [7, 11) is 0. The van der Waals surface area contributed by atoms with Crippen LogP contribution in [0.15, 0.2) is 42.5 Å². The molecule has 0 radical (unpaired) electrons. The van der Waals surface area contributed by atoms with E-state index in [1.54, 1.807) is 6.92 Å². The third kappa shape index (κ3) is 6.97. The summed E-state index contributed by atoms with van der Waals surface area (Å²) >= 11 is 0. The van der Waals surface area contributed by atoms with Crippen molar-refractivity contribution in [3.8, 4) is 0 Å². The van der Waals surface area contributed by atoms with Gasteiger partial charge in [0, 0.05) is 6.42 Å². The van der Waals surface area contributed by atoms with E-state index >= 15 is 0 Å². The molecule has 14 heteroatoms. The van der Waals surface area contributed by atoms with Crippen LogP contribution in [0, 0.1) is 11.8 Å². The van der Waals surface area contributed by atoms with Crippen molar-refractivity contribution in [1.29, 1.82) is 0 Å². The topological polar surface area (TPSA) is 238 Å². The van der Waals surface area contributed by atoms with Crippen molar-refractivity contribution in [2.24, 2.45) is 11.8 Å². The van der Waals surface area contributed by atoms with Crippen LogP contribution in [-0.2, 0) is 39.8 Å². The standard InChI is InChI=1S/C32H44O14/c1-5-17(2)11-12-21(33)16-22(34)44-25-24(36)30(14-13-18(3)23(35)19(4)15-20-9-7-6-8-10-20)45-26(27(37)38)31(43,28(39)40)32(25,46-30)29(41)42/h6-10,17,19,21,23-26,33,35-36,43H,3,5,11-16H2,1-2,4H3,(H,37,38)(H,39,40)(H,41,42)/t17?,19-,21?,23-,24-,25-,26-,30+,31-,32+/m1/s1. The third-order valence-electron chi connectivity index (χ3n) is 9.11. The van der Waals surface area contributed by atoms with Crippen LogP contribution < -0.4 is 0 Å². The second-order valence-electron chi connectivity index (χ2n) is 12.4. The number of carbonyl (C=O) groups excluding carboxylic acids is 1. The highest BCUT2D eigenvalue weighted by molar-refractivity contribution is 5.98. The molecular weight excluding hydrogens is 608 g/mol. The molecule has 0 aliphatic carbocycles. The highest BCUT2D eigenvalue weighted by Gasteiger charge is 2.85. The highest BCUT2D eigenvalue weighted by atomic mass is 16.8. The summed E-state index contributed by atoms with van der Waals surface area (Å²) in [4.78, 5) is 50.5. The maximum Gasteiger partial charge on any atom is 0.344 e. The molecule has 10 atom stereocenters. The van der Waals surface area contributed by atoms with Crippen molar-refractivity contribution in [1.82, 2.24) is 0 Å². The summed E-state index contributed by atoms with van der Waals surface area (Å²) in [5.74, 6) is -10.8. The number of rotatable bonds is 17. The first-order chi connectivity index (χ1) is 21.5. The average Bonchev–Trinajstić information content (AvgIpc) is 3.22. The first-order valence-electron chi connectivity index (χ1n) is 15.2. The minimum atomic E-state index is -3.91. The van der Waals surface area contributed by atoms with Crippen molar-refractivity contribution in [3.63, 3.8) is 0 Å². The number of esters is 1. The lowest BCUT2D eigenvalue weighted by Crippen LogP contribution is -2.78. The minimum absolute atomic E-state index is 0.175. The number of hydrogen-bond acceptors (Lipinski definition) is 11. The molecule has 2 aliphatic heterocycles. The Kier molecular flexibility index (Phi) is 11.7. The van der Waals surface area contributed by atoms with Crippen molar-refractivity contribution in [3.05, 3.63) is 48.0 Å². The van der Waals surface area contributed by atoms with Gasteiger partial charge in [0.05, 0.1) is 18.6 Å². The molecule has 7 N–H and O–H groups in total. The van der Waals surface area contributed by atoms with Gasteiger partial charge in [-0.15, -0.1) is 0 Å². The Labute approximate surface area is 266 Å². The van der Waals surface area contributed by atoms with E-state index in [-0.39, 0.29) is 30.3 Å².